The zero-order chi connectivity index (χ0) is 13.0. The van der Waals surface area contributed by atoms with Crippen LogP contribution >= 0.6 is 0 Å². The molecule has 2 rings (SSSR count). The predicted octanol–water partition coefficient (Wildman–Crippen LogP) is 0.892. The SMILES string of the molecule is CCOCOc1ccc2ccccc2c1B(O)O. The molecule has 0 amide bonds. The maximum Gasteiger partial charge on any atom is 0.492 e. The molecule has 0 aromatic heterocycles. The molecule has 2 N–H and O–H groups in total. The molecule has 4 nitrogen and oxygen atoms in total. The van der Waals surface area contributed by atoms with Crippen molar-refractivity contribution in [3.8, 4) is 5.75 Å². The summed E-state index contributed by atoms with van der Waals surface area (Å²) in [6, 6.07) is 11.1. The summed E-state index contributed by atoms with van der Waals surface area (Å²) >= 11 is 0. The molecule has 0 heterocycles. The fraction of sp³-hybridized carbons (Fsp3) is 0.231. The molecule has 2 aromatic carbocycles. The van der Waals surface area contributed by atoms with Crippen LogP contribution in [0.2, 0.25) is 0 Å². The van der Waals surface area contributed by atoms with Crippen LogP contribution < -0.4 is 10.2 Å². The summed E-state index contributed by atoms with van der Waals surface area (Å²) in [4.78, 5) is 0. The molecule has 0 bridgehead atoms. The number of ether oxygens (including phenoxy) is 2. The average Bonchev–Trinajstić information content (AvgIpc) is 2.38. The zero-order valence-corrected chi connectivity index (χ0v) is 10.2. The number of fused-ring (bicyclic) bond motifs is 1. The van der Waals surface area contributed by atoms with Crippen molar-refractivity contribution < 1.29 is 19.5 Å². The predicted molar refractivity (Wildman–Crippen MR) is 70.9 cm³/mol. The minimum atomic E-state index is -1.58. The standard InChI is InChI=1S/C13H15BO4/c1-2-17-9-18-12-8-7-10-5-3-4-6-11(10)13(12)14(15)16/h3-8,15-16H,2,9H2,1H3. The second-order valence-corrected chi connectivity index (χ2v) is 3.83. The van der Waals surface area contributed by atoms with E-state index in [1.807, 2.05) is 37.3 Å². The van der Waals surface area contributed by atoms with Gasteiger partial charge in [0.15, 0.2) is 6.79 Å². The summed E-state index contributed by atoms with van der Waals surface area (Å²) in [5.41, 5.74) is 0.368. The molecule has 0 aliphatic rings. The first-order valence-electron chi connectivity index (χ1n) is 5.82. The van der Waals surface area contributed by atoms with Crippen molar-refractivity contribution in [2.75, 3.05) is 13.4 Å². The number of benzene rings is 2. The van der Waals surface area contributed by atoms with Gasteiger partial charge in [-0.1, -0.05) is 30.3 Å². The van der Waals surface area contributed by atoms with Gasteiger partial charge in [-0.3, -0.25) is 0 Å². The first-order valence-corrected chi connectivity index (χ1v) is 5.82. The van der Waals surface area contributed by atoms with Gasteiger partial charge in [-0.25, -0.2) is 0 Å². The van der Waals surface area contributed by atoms with Crippen molar-refractivity contribution in [1.82, 2.24) is 0 Å². The van der Waals surface area contributed by atoms with Crippen LogP contribution in [0.25, 0.3) is 10.8 Å². The van der Waals surface area contributed by atoms with Crippen LogP contribution in [-0.4, -0.2) is 30.6 Å². The van der Waals surface area contributed by atoms with E-state index in [0.29, 0.717) is 17.8 Å². The topological polar surface area (TPSA) is 58.9 Å². The minimum absolute atomic E-state index is 0.0918. The zero-order valence-electron chi connectivity index (χ0n) is 10.2. The van der Waals surface area contributed by atoms with Crippen LogP contribution in [0, 0.1) is 0 Å². The lowest BCUT2D eigenvalue weighted by Gasteiger charge is -2.13. The van der Waals surface area contributed by atoms with Crippen molar-refractivity contribution in [1.29, 1.82) is 0 Å². The van der Waals surface area contributed by atoms with Crippen LogP contribution in [0.1, 0.15) is 6.92 Å². The van der Waals surface area contributed by atoms with Gasteiger partial charge in [0.05, 0.1) is 0 Å². The number of rotatable bonds is 5. The summed E-state index contributed by atoms with van der Waals surface area (Å²) in [5.74, 6) is 0.428. The second kappa shape index (κ2) is 5.86. The third-order valence-corrected chi connectivity index (χ3v) is 2.69. The summed E-state index contributed by atoms with van der Waals surface area (Å²) in [5, 5.41) is 20.7. The first-order chi connectivity index (χ1) is 8.74. The summed E-state index contributed by atoms with van der Waals surface area (Å²) < 4.78 is 10.5. The van der Waals surface area contributed by atoms with E-state index in [1.165, 1.54) is 0 Å². The maximum absolute atomic E-state index is 9.49. The third kappa shape index (κ3) is 2.64. The van der Waals surface area contributed by atoms with E-state index in [9.17, 15) is 10.0 Å². The lowest BCUT2D eigenvalue weighted by atomic mass is 9.76. The van der Waals surface area contributed by atoms with E-state index in [-0.39, 0.29) is 6.79 Å². The monoisotopic (exact) mass is 246 g/mol. The molecule has 0 spiro atoms. The lowest BCUT2D eigenvalue weighted by molar-refractivity contribution is 0.0230. The van der Waals surface area contributed by atoms with Crippen molar-refractivity contribution in [3.63, 3.8) is 0 Å². The Bertz CT molecular complexity index is 527. The van der Waals surface area contributed by atoms with Gasteiger partial charge in [0.25, 0.3) is 0 Å². The van der Waals surface area contributed by atoms with Crippen molar-refractivity contribution in [3.05, 3.63) is 36.4 Å². The summed E-state index contributed by atoms with van der Waals surface area (Å²) in [6.07, 6.45) is 0. The van der Waals surface area contributed by atoms with Gasteiger partial charge in [-0.2, -0.15) is 0 Å². The summed E-state index contributed by atoms with van der Waals surface area (Å²) in [6.45, 7) is 2.50. The van der Waals surface area contributed by atoms with Gasteiger partial charge in [-0.15, -0.1) is 0 Å². The Labute approximate surface area is 106 Å². The van der Waals surface area contributed by atoms with Crippen LogP contribution in [0.15, 0.2) is 36.4 Å². The molecule has 0 saturated carbocycles. The highest BCUT2D eigenvalue weighted by Gasteiger charge is 2.20. The van der Waals surface area contributed by atoms with E-state index < -0.39 is 7.12 Å². The average molecular weight is 246 g/mol. The molecule has 2 aromatic rings. The Morgan fingerprint density at radius 2 is 1.89 bits per heavy atom. The normalized spacial score (nSPS) is 10.6. The maximum atomic E-state index is 9.49. The van der Waals surface area contributed by atoms with Crippen LogP contribution in [-0.2, 0) is 4.74 Å². The van der Waals surface area contributed by atoms with E-state index in [0.717, 1.165) is 10.8 Å². The summed E-state index contributed by atoms with van der Waals surface area (Å²) in [7, 11) is -1.58. The molecular weight excluding hydrogens is 231 g/mol. The number of hydrogen-bond acceptors (Lipinski definition) is 4. The van der Waals surface area contributed by atoms with E-state index in [2.05, 4.69) is 0 Å². The number of hydrogen-bond donors (Lipinski definition) is 2. The highest BCUT2D eigenvalue weighted by Crippen LogP contribution is 2.19. The van der Waals surface area contributed by atoms with Gasteiger partial charge < -0.3 is 19.5 Å². The molecule has 0 radical (unpaired) electrons. The van der Waals surface area contributed by atoms with Crippen molar-refractivity contribution >= 4 is 23.4 Å². The molecule has 94 valence electrons. The molecule has 0 fully saturated rings. The van der Waals surface area contributed by atoms with Crippen molar-refractivity contribution in [2.45, 2.75) is 6.92 Å². The Balaban J connectivity index is 2.42. The lowest BCUT2D eigenvalue weighted by Crippen LogP contribution is -2.32. The van der Waals surface area contributed by atoms with Crippen LogP contribution in [0.4, 0.5) is 0 Å². The van der Waals surface area contributed by atoms with E-state index in [4.69, 9.17) is 9.47 Å². The fourth-order valence-corrected chi connectivity index (χ4v) is 1.86. The molecule has 0 unspecified atom stereocenters. The molecule has 0 saturated heterocycles. The van der Waals surface area contributed by atoms with E-state index >= 15 is 0 Å². The smallest absolute Gasteiger partial charge is 0.468 e. The first kappa shape index (κ1) is 12.9. The van der Waals surface area contributed by atoms with Gasteiger partial charge in [0.2, 0.25) is 0 Å². The van der Waals surface area contributed by atoms with E-state index in [1.54, 1.807) is 6.07 Å². The van der Waals surface area contributed by atoms with Gasteiger partial charge in [0.1, 0.15) is 5.75 Å². The van der Waals surface area contributed by atoms with Gasteiger partial charge >= 0.3 is 7.12 Å². The minimum Gasteiger partial charge on any atom is -0.468 e. The largest absolute Gasteiger partial charge is 0.492 e. The Morgan fingerprint density at radius 1 is 1.11 bits per heavy atom. The molecule has 0 aliphatic heterocycles. The highest BCUT2D eigenvalue weighted by atomic mass is 16.7. The Hall–Kier alpha value is -1.56. The fourth-order valence-electron chi connectivity index (χ4n) is 1.86. The van der Waals surface area contributed by atoms with Gasteiger partial charge in [0, 0.05) is 12.1 Å². The Morgan fingerprint density at radius 3 is 2.61 bits per heavy atom. The van der Waals surface area contributed by atoms with Crippen molar-refractivity contribution in [2.24, 2.45) is 0 Å². The molecule has 0 atom stereocenters. The highest BCUT2D eigenvalue weighted by molar-refractivity contribution is 6.63. The van der Waals surface area contributed by atoms with Crippen LogP contribution in [0.5, 0.6) is 5.75 Å². The van der Waals surface area contributed by atoms with Crippen LogP contribution in [0.3, 0.4) is 0 Å². The molecule has 18 heavy (non-hydrogen) atoms. The second-order valence-electron chi connectivity index (χ2n) is 3.83. The quantitative estimate of drug-likeness (QED) is 0.467. The molecule has 0 aliphatic carbocycles. The Kier molecular flexibility index (Phi) is 4.20. The molecular formula is C13H15BO4. The molecule has 5 heteroatoms. The third-order valence-electron chi connectivity index (χ3n) is 2.69. The van der Waals surface area contributed by atoms with Gasteiger partial charge in [-0.05, 0) is 23.8 Å².